The first-order valence-electron chi connectivity index (χ1n) is 10.7. The number of hydrogen-bond donors (Lipinski definition) is 0. The molecule has 0 saturated carbocycles. The SMILES string of the molecule is CSC(=O)OC(C)(C)OC(=O)N1C(N2CCN(C)CC2)=c2cc(C)sc2=Nc2ccccc21. The second kappa shape index (κ2) is 9.36. The van der Waals surface area contributed by atoms with E-state index in [0.717, 1.165) is 58.5 Å². The average Bonchev–Trinajstić information content (AvgIpc) is 3.05. The number of ether oxygens (including phenoxy) is 2. The van der Waals surface area contributed by atoms with E-state index < -0.39 is 17.2 Å². The fraction of sp³-hybridized carbons (Fsp3) is 0.435. The van der Waals surface area contributed by atoms with Crippen molar-refractivity contribution in [3.8, 4) is 0 Å². The van der Waals surface area contributed by atoms with Gasteiger partial charge in [0.05, 0.1) is 16.6 Å². The number of likely N-dealkylation sites (N-methyl/N-ethyl adjacent to an activating group) is 1. The second-order valence-corrected chi connectivity index (χ2v) is 10.4. The van der Waals surface area contributed by atoms with Crippen LogP contribution in [0.2, 0.25) is 0 Å². The molecule has 0 aliphatic carbocycles. The molecule has 1 saturated heterocycles. The van der Waals surface area contributed by atoms with Crippen molar-refractivity contribution in [2.45, 2.75) is 26.6 Å². The summed E-state index contributed by atoms with van der Waals surface area (Å²) >= 11 is 2.52. The summed E-state index contributed by atoms with van der Waals surface area (Å²) in [6.07, 6.45) is 0.995. The summed E-state index contributed by atoms with van der Waals surface area (Å²) in [6.45, 7) is 8.43. The van der Waals surface area contributed by atoms with Gasteiger partial charge in [-0.25, -0.2) is 19.5 Å². The largest absolute Gasteiger partial charge is 0.423 e. The number of rotatable bonds is 3. The van der Waals surface area contributed by atoms with E-state index in [9.17, 15) is 9.59 Å². The van der Waals surface area contributed by atoms with Crippen LogP contribution >= 0.6 is 23.1 Å². The predicted octanol–water partition coefficient (Wildman–Crippen LogP) is 3.51. The van der Waals surface area contributed by atoms with Crippen LogP contribution in [-0.2, 0) is 9.47 Å². The lowest BCUT2D eigenvalue weighted by atomic mass is 10.2. The molecule has 0 atom stereocenters. The number of anilines is 1. The highest BCUT2D eigenvalue weighted by Gasteiger charge is 2.36. The first-order chi connectivity index (χ1) is 15.7. The van der Waals surface area contributed by atoms with Crippen molar-refractivity contribution >= 4 is 51.7 Å². The maximum atomic E-state index is 13.7. The van der Waals surface area contributed by atoms with Crippen molar-refractivity contribution in [2.24, 2.45) is 4.99 Å². The predicted molar refractivity (Wildman–Crippen MR) is 131 cm³/mol. The highest BCUT2D eigenvalue weighted by Crippen LogP contribution is 2.35. The van der Waals surface area contributed by atoms with E-state index in [1.54, 1.807) is 36.3 Å². The molecule has 1 amide bonds. The summed E-state index contributed by atoms with van der Waals surface area (Å²) in [7, 11) is 2.09. The molecule has 2 aromatic rings. The van der Waals surface area contributed by atoms with E-state index >= 15 is 0 Å². The number of carbonyl (C=O) groups is 2. The Hall–Kier alpha value is -2.56. The smallest absolute Gasteiger partial charge is 0.415 e. The fourth-order valence-electron chi connectivity index (χ4n) is 3.87. The van der Waals surface area contributed by atoms with Crippen molar-refractivity contribution in [1.82, 2.24) is 9.80 Å². The first kappa shape index (κ1) is 23.6. The molecule has 1 aromatic carbocycles. The van der Waals surface area contributed by atoms with E-state index in [1.165, 1.54) is 0 Å². The van der Waals surface area contributed by atoms with E-state index in [4.69, 9.17) is 14.5 Å². The molecular formula is C23H28N4O4S2. The molecule has 4 rings (SSSR count). The zero-order valence-electron chi connectivity index (χ0n) is 19.5. The standard InChI is InChI=1S/C23H28N4O4S2/c1-15-14-16-19(33-15)24-17-8-6-7-9-18(17)27(20(16)26-12-10-25(4)11-13-26)21(28)30-23(2,3)31-22(29)32-5/h6-9,14H,10-13H2,1-5H3. The molecule has 1 aromatic heterocycles. The van der Waals surface area contributed by atoms with Crippen molar-refractivity contribution in [1.29, 1.82) is 0 Å². The van der Waals surface area contributed by atoms with Gasteiger partial charge in [0.2, 0.25) is 0 Å². The summed E-state index contributed by atoms with van der Waals surface area (Å²) in [5.74, 6) is -0.691. The van der Waals surface area contributed by atoms with Gasteiger partial charge in [-0.2, -0.15) is 0 Å². The van der Waals surface area contributed by atoms with Gasteiger partial charge in [-0.05, 0) is 50.2 Å². The molecule has 0 radical (unpaired) electrons. The van der Waals surface area contributed by atoms with Crippen LogP contribution in [0.15, 0.2) is 35.3 Å². The summed E-state index contributed by atoms with van der Waals surface area (Å²) in [5.41, 5.74) is 1.31. The number of amides is 1. The number of carbonyl (C=O) groups excluding carboxylic acids is 2. The minimum atomic E-state index is -1.43. The van der Waals surface area contributed by atoms with Crippen LogP contribution in [-0.4, -0.2) is 66.5 Å². The Morgan fingerprint density at radius 1 is 1.12 bits per heavy atom. The van der Waals surface area contributed by atoms with Crippen LogP contribution in [0.1, 0.15) is 18.7 Å². The summed E-state index contributed by atoms with van der Waals surface area (Å²) in [6, 6.07) is 9.60. The first-order valence-corrected chi connectivity index (χ1v) is 12.7. The van der Waals surface area contributed by atoms with Gasteiger partial charge >= 0.3 is 11.4 Å². The van der Waals surface area contributed by atoms with Gasteiger partial charge < -0.3 is 19.3 Å². The molecule has 2 aliphatic rings. The van der Waals surface area contributed by atoms with Crippen molar-refractivity contribution in [3.05, 3.63) is 45.1 Å². The van der Waals surface area contributed by atoms with Crippen molar-refractivity contribution in [2.75, 3.05) is 44.4 Å². The third-order valence-corrected chi connectivity index (χ3v) is 6.81. The van der Waals surface area contributed by atoms with Gasteiger partial charge in [0.15, 0.2) is 0 Å². The number of thiophene rings is 1. The number of piperazine rings is 1. The Morgan fingerprint density at radius 3 is 2.52 bits per heavy atom. The molecule has 0 spiro atoms. The highest BCUT2D eigenvalue weighted by molar-refractivity contribution is 8.12. The molecule has 33 heavy (non-hydrogen) atoms. The van der Waals surface area contributed by atoms with Gasteiger partial charge in [-0.15, -0.1) is 11.3 Å². The Kier molecular flexibility index (Phi) is 6.69. The molecule has 10 heteroatoms. The number of hydrogen-bond acceptors (Lipinski definition) is 9. The maximum Gasteiger partial charge on any atom is 0.423 e. The lowest BCUT2D eigenvalue weighted by Crippen LogP contribution is -2.51. The fourth-order valence-corrected chi connectivity index (χ4v) is 5.04. The third-order valence-electron chi connectivity index (χ3n) is 5.45. The number of para-hydroxylation sites is 2. The van der Waals surface area contributed by atoms with Gasteiger partial charge in [0.1, 0.15) is 10.5 Å². The van der Waals surface area contributed by atoms with Gasteiger partial charge in [0, 0.05) is 44.9 Å². The molecule has 0 N–H and O–H groups in total. The molecular weight excluding hydrogens is 460 g/mol. The van der Waals surface area contributed by atoms with Crippen molar-refractivity contribution < 1.29 is 19.1 Å². The molecule has 8 nitrogen and oxygen atoms in total. The van der Waals surface area contributed by atoms with Crippen molar-refractivity contribution in [3.63, 3.8) is 0 Å². The topological polar surface area (TPSA) is 74.7 Å². The van der Waals surface area contributed by atoms with Crippen LogP contribution in [0, 0.1) is 6.92 Å². The number of benzene rings is 1. The van der Waals surface area contributed by atoms with E-state index in [0.29, 0.717) is 11.4 Å². The van der Waals surface area contributed by atoms with E-state index in [1.807, 2.05) is 31.2 Å². The van der Waals surface area contributed by atoms with Crippen LogP contribution in [0.5, 0.6) is 0 Å². The third kappa shape index (κ3) is 5.02. The minimum absolute atomic E-state index is 0.516. The number of thioether (sulfide) groups is 1. The zero-order valence-corrected chi connectivity index (χ0v) is 21.1. The molecule has 2 aliphatic heterocycles. The molecule has 0 unspecified atom stereocenters. The number of fused-ring (bicyclic) bond motifs is 2. The summed E-state index contributed by atoms with van der Waals surface area (Å²) in [4.78, 5) is 37.7. The van der Waals surface area contributed by atoms with E-state index in [2.05, 4.69) is 22.9 Å². The average molecular weight is 489 g/mol. The minimum Gasteiger partial charge on any atom is -0.415 e. The monoisotopic (exact) mass is 488 g/mol. The molecule has 1 fully saturated rings. The lowest BCUT2D eigenvalue weighted by Gasteiger charge is -2.39. The van der Waals surface area contributed by atoms with Gasteiger partial charge in [-0.3, -0.25) is 0 Å². The Morgan fingerprint density at radius 2 is 1.82 bits per heavy atom. The quantitative estimate of drug-likeness (QED) is 0.483. The Balaban J connectivity index is 1.85. The van der Waals surface area contributed by atoms with Crippen LogP contribution in [0.4, 0.5) is 21.0 Å². The normalized spacial score (nSPS) is 16.5. The molecule has 3 heterocycles. The van der Waals surface area contributed by atoms with Crippen LogP contribution in [0.25, 0.3) is 5.82 Å². The van der Waals surface area contributed by atoms with Gasteiger partial charge in [0.25, 0.3) is 5.79 Å². The Labute approximate surface area is 201 Å². The highest BCUT2D eigenvalue weighted by atomic mass is 32.2. The summed E-state index contributed by atoms with van der Waals surface area (Å²) in [5, 5.41) is 0.382. The lowest BCUT2D eigenvalue weighted by molar-refractivity contribution is -0.124. The maximum absolute atomic E-state index is 13.7. The summed E-state index contributed by atoms with van der Waals surface area (Å²) < 4.78 is 12.0. The van der Waals surface area contributed by atoms with E-state index in [-0.39, 0.29) is 0 Å². The van der Waals surface area contributed by atoms with Crippen LogP contribution in [0.3, 0.4) is 0 Å². The molecule has 0 bridgehead atoms. The zero-order chi connectivity index (χ0) is 23.8. The number of nitrogens with zero attached hydrogens (tertiary/aromatic N) is 4. The molecule has 176 valence electrons. The van der Waals surface area contributed by atoms with Crippen LogP contribution < -0.4 is 14.8 Å². The Bertz CT molecular complexity index is 1190. The number of aryl methyl sites for hydroxylation is 1. The second-order valence-electron chi connectivity index (χ2n) is 8.45. The van der Waals surface area contributed by atoms with Gasteiger partial charge in [-0.1, -0.05) is 12.1 Å².